The molecule has 2 N–H and O–H groups in total. The topological polar surface area (TPSA) is 92.9 Å². The summed E-state index contributed by atoms with van der Waals surface area (Å²) in [6.45, 7) is 4.41. The Morgan fingerprint density at radius 1 is 1.08 bits per heavy atom. The molecule has 24 heavy (non-hydrogen) atoms. The van der Waals surface area contributed by atoms with Crippen molar-refractivity contribution in [1.29, 1.82) is 0 Å². The van der Waals surface area contributed by atoms with Crippen molar-refractivity contribution in [1.82, 2.24) is 4.90 Å². The second-order valence-corrected chi connectivity index (χ2v) is 6.69. The van der Waals surface area contributed by atoms with Gasteiger partial charge in [-0.2, -0.15) is 0 Å². The molecule has 0 aromatic heterocycles. The Morgan fingerprint density at radius 3 is 2.29 bits per heavy atom. The lowest BCUT2D eigenvalue weighted by molar-refractivity contribution is -0.136. The van der Waals surface area contributed by atoms with Gasteiger partial charge in [0.2, 0.25) is 5.91 Å². The van der Waals surface area contributed by atoms with E-state index in [1.807, 2.05) is 9.80 Å². The fraction of sp³-hybridized carbons (Fsp3) is 0.706. The zero-order valence-electron chi connectivity index (χ0n) is 14.1. The number of piperazine rings is 1. The van der Waals surface area contributed by atoms with Crippen molar-refractivity contribution in [3.05, 3.63) is 20.4 Å². The number of nitrogens with zero attached hydrogens (tertiary/aromatic N) is 2. The van der Waals surface area contributed by atoms with Crippen LogP contribution in [0.15, 0.2) is 9.59 Å². The van der Waals surface area contributed by atoms with E-state index < -0.39 is 10.9 Å². The van der Waals surface area contributed by atoms with Crippen LogP contribution in [0.4, 0.5) is 5.69 Å². The first kappa shape index (κ1) is 17.0. The molecule has 0 radical (unpaired) electrons. The van der Waals surface area contributed by atoms with Crippen LogP contribution in [0.1, 0.15) is 32.6 Å². The highest BCUT2D eigenvalue weighted by atomic mass is 16.5. The van der Waals surface area contributed by atoms with Crippen molar-refractivity contribution >= 4 is 11.6 Å². The van der Waals surface area contributed by atoms with Gasteiger partial charge in [0.25, 0.3) is 10.9 Å². The normalized spacial score (nSPS) is 25.1. The second-order valence-electron chi connectivity index (χ2n) is 6.69. The van der Waals surface area contributed by atoms with Crippen molar-refractivity contribution in [2.24, 2.45) is 11.7 Å². The summed E-state index contributed by atoms with van der Waals surface area (Å²) in [5, 5.41) is 0. The predicted molar refractivity (Wildman–Crippen MR) is 91.2 cm³/mol. The molecule has 1 heterocycles. The number of hydrogen-bond acceptors (Lipinski definition) is 6. The molecule has 1 saturated carbocycles. The van der Waals surface area contributed by atoms with Gasteiger partial charge in [-0.1, -0.05) is 0 Å². The summed E-state index contributed by atoms with van der Waals surface area (Å²) < 4.78 is 5.28. The van der Waals surface area contributed by atoms with E-state index in [1.54, 1.807) is 6.92 Å². The zero-order chi connectivity index (χ0) is 17.3. The van der Waals surface area contributed by atoms with Gasteiger partial charge in [0.1, 0.15) is 5.69 Å². The molecule has 0 bridgehead atoms. The average molecular weight is 335 g/mol. The maximum Gasteiger partial charge on any atom is 0.272 e. The summed E-state index contributed by atoms with van der Waals surface area (Å²) in [6.07, 6.45) is 3.56. The lowest BCUT2D eigenvalue weighted by Gasteiger charge is -2.39. The van der Waals surface area contributed by atoms with Crippen LogP contribution in [0.5, 0.6) is 5.75 Å². The van der Waals surface area contributed by atoms with Crippen LogP contribution in [0.3, 0.4) is 0 Å². The summed E-state index contributed by atoms with van der Waals surface area (Å²) in [5.74, 6) is 0.474. The Kier molecular flexibility index (Phi) is 4.89. The van der Waals surface area contributed by atoms with Crippen molar-refractivity contribution in [3.8, 4) is 5.75 Å². The third-order valence-corrected chi connectivity index (χ3v) is 5.16. The van der Waals surface area contributed by atoms with Crippen LogP contribution in [0.2, 0.25) is 0 Å². The molecule has 132 valence electrons. The van der Waals surface area contributed by atoms with Crippen LogP contribution >= 0.6 is 0 Å². The van der Waals surface area contributed by atoms with Gasteiger partial charge in [0.15, 0.2) is 5.75 Å². The molecule has 1 saturated heterocycles. The lowest BCUT2D eigenvalue weighted by atomic mass is 9.85. The monoisotopic (exact) mass is 335 g/mol. The minimum absolute atomic E-state index is 0.0847. The molecule has 1 aliphatic carbocycles. The number of carbonyl (C=O) groups is 1. The van der Waals surface area contributed by atoms with Gasteiger partial charge in [-0.15, -0.1) is 0 Å². The molecule has 0 unspecified atom stereocenters. The van der Waals surface area contributed by atoms with E-state index in [-0.39, 0.29) is 23.6 Å². The fourth-order valence-electron chi connectivity index (χ4n) is 3.70. The molecule has 0 spiro atoms. The Labute approximate surface area is 141 Å². The van der Waals surface area contributed by atoms with Gasteiger partial charge in [-0.3, -0.25) is 14.4 Å². The Morgan fingerprint density at radius 2 is 1.71 bits per heavy atom. The molecule has 1 aromatic rings. The second kappa shape index (κ2) is 6.93. The summed E-state index contributed by atoms with van der Waals surface area (Å²) >= 11 is 0. The van der Waals surface area contributed by atoms with Gasteiger partial charge in [0.05, 0.1) is 6.61 Å². The molecule has 1 aromatic carbocycles. The predicted octanol–water partition coefficient (Wildman–Crippen LogP) is -0.153. The van der Waals surface area contributed by atoms with Gasteiger partial charge in [-0.25, -0.2) is 0 Å². The summed E-state index contributed by atoms with van der Waals surface area (Å²) in [4.78, 5) is 39.8. The number of amides is 1. The van der Waals surface area contributed by atoms with Crippen LogP contribution < -0.4 is 26.2 Å². The molecule has 7 nitrogen and oxygen atoms in total. The maximum atomic E-state index is 12.6. The third-order valence-electron chi connectivity index (χ3n) is 5.16. The molecule has 1 aliphatic heterocycles. The minimum atomic E-state index is -0.538. The molecule has 1 amide bonds. The van der Waals surface area contributed by atoms with Gasteiger partial charge >= 0.3 is 0 Å². The number of hydrogen-bond donors (Lipinski definition) is 1. The highest BCUT2D eigenvalue weighted by Crippen LogP contribution is 2.27. The first-order valence-corrected chi connectivity index (χ1v) is 8.78. The van der Waals surface area contributed by atoms with Crippen LogP contribution in [-0.4, -0.2) is 49.6 Å². The van der Waals surface area contributed by atoms with E-state index in [4.69, 9.17) is 10.5 Å². The van der Waals surface area contributed by atoms with Crippen molar-refractivity contribution < 1.29 is 9.53 Å². The van der Waals surface area contributed by atoms with E-state index in [9.17, 15) is 14.4 Å². The number of rotatable bonds is 4. The first-order chi connectivity index (χ1) is 11.5. The Bertz CT molecular complexity index is 664. The van der Waals surface area contributed by atoms with Crippen molar-refractivity contribution in [2.45, 2.75) is 38.6 Å². The maximum absolute atomic E-state index is 12.6. The number of ether oxygens (including phenoxy) is 1. The summed E-state index contributed by atoms with van der Waals surface area (Å²) in [7, 11) is 0. The van der Waals surface area contributed by atoms with Gasteiger partial charge < -0.3 is 20.3 Å². The van der Waals surface area contributed by atoms with E-state index in [0.717, 1.165) is 25.7 Å². The summed E-state index contributed by atoms with van der Waals surface area (Å²) in [5.41, 5.74) is 5.28. The Balaban J connectivity index is 1.58. The average Bonchev–Trinajstić information content (AvgIpc) is 2.61. The molecule has 3 rings (SSSR count). The van der Waals surface area contributed by atoms with E-state index >= 15 is 0 Å². The largest absolute Gasteiger partial charge is 0.488 e. The van der Waals surface area contributed by atoms with E-state index in [0.29, 0.717) is 38.5 Å². The molecule has 2 fully saturated rings. The van der Waals surface area contributed by atoms with Crippen molar-refractivity contribution in [2.75, 3.05) is 37.7 Å². The van der Waals surface area contributed by atoms with Crippen LogP contribution in [0.25, 0.3) is 0 Å². The molecule has 0 atom stereocenters. The smallest absolute Gasteiger partial charge is 0.272 e. The SMILES string of the molecule is CCOc1c(N2CCN(C(=O)[C@H]3CC[C@H](N)CC3)CC2)c(=O)c1=O. The minimum Gasteiger partial charge on any atom is -0.488 e. The van der Waals surface area contributed by atoms with Crippen LogP contribution in [0, 0.1) is 5.92 Å². The lowest BCUT2D eigenvalue weighted by Crippen LogP contribution is -2.53. The fourth-order valence-corrected chi connectivity index (χ4v) is 3.70. The third kappa shape index (κ3) is 3.05. The quantitative estimate of drug-likeness (QED) is 0.769. The molecule has 2 aliphatic rings. The van der Waals surface area contributed by atoms with Crippen LogP contribution in [-0.2, 0) is 4.79 Å². The van der Waals surface area contributed by atoms with Gasteiger partial charge in [-0.05, 0) is 32.6 Å². The zero-order valence-corrected chi connectivity index (χ0v) is 14.1. The van der Waals surface area contributed by atoms with Gasteiger partial charge in [0, 0.05) is 38.1 Å². The highest BCUT2D eigenvalue weighted by Gasteiger charge is 2.33. The number of nitrogens with two attached hydrogens (primary N) is 1. The first-order valence-electron chi connectivity index (χ1n) is 8.78. The number of anilines is 1. The summed E-state index contributed by atoms with van der Waals surface area (Å²) in [6, 6.07) is 0.233. The van der Waals surface area contributed by atoms with E-state index in [2.05, 4.69) is 0 Å². The number of carbonyl (C=O) groups excluding carboxylic acids is 1. The Hall–Kier alpha value is -1.89. The van der Waals surface area contributed by atoms with E-state index in [1.165, 1.54) is 0 Å². The standard InChI is InChI=1S/C17H25N3O4/c1-2-24-16-13(14(21)15(16)22)19-7-9-20(10-8-19)17(23)11-3-5-12(18)6-4-11/h11-12H,2-10,18H2,1H3/t11-,12-. The molecular weight excluding hydrogens is 310 g/mol. The highest BCUT2D eigenvalue weighted by molar-refractivity contribution is 5.79. The van der Waals surface area contributed by atoms with Crippen molar-refractivity contribution in [3.63, 3.8) is 0 Å². The molecule has 7 heteroatoms. The molecular formula is C17H25N3O4.